The first-order valence-corrected chi connectivity index (χ1v) is 3.26. The fourth-order valence-electron chi connectivity index (χ4n) is 0.337. The maximum atomic E-state index is 9.93. The van der Waals surface area contributed by atoms with Crippen molar-refractivity contribution in [1.82, 2.24) is 0 Å². The molecule has 0 aliphatic rings. The summed E-state index contributed by atoms with van der Waals surface area (Å²) in [5.41, 5.74) is 0. The minimum absolute atomic E-state index is 0.235. The summed E-state index contributed by atoms with van der Waals surface area (Å²) in [5, 5.41) is 16.4. The Kier molecular flexibility index (Phi) is 6.64. The number of carboxylic acids is 1. The Hall–Kier alpha value is -2.15. The molecular formula is C10H6O3. The van der Waals surface area contributed by atoms with E-state index in [1.54, 1.807) is 0 Å². The van der Waals surface area contributed by atoms with Crippen LogP contribution in [0.2, 0.25) is 0 Å². The maximum absolute atomic E-state index is 9.93. The van der Waals surface area contributed by atoms with Crippen molar-refractivity contribution < 1.29 is 15.0 Å². The van der Waals surface area contributed by atoms with E-state index < -0.39 is 5.97 Å². The Morgan fingerprint density at radius 2 is 1.92 bits per heavy atom. The van der Waals surface area contributed by atoms with Crippen LogP contribution in [0.25, 0.3) is 0 Å². The van der Waals surface area contributed by atoms with Gasteiger partial charge in [0.2, 0.25) is 0 Å². The normalized spacial score (nSPS) is 7.15. The van der Waals surface area contributed by atoms with Crippen molar-refractivity contribution in [2.24, 2.45) is 0 Å². The zero-order chi connectivity index (χ0) is 9.94. The van der Waals surface area contributed by atoms with Crippen molar-refractivity contribution in [3.63, 3.8) is 0 Å². The van der Waals surface area contributed by atoms with Crippen LogP contribution < -0.4 is 0 Å². The van der Waals surface area contributed by atoms with Gasteiger partial charge in [0.25, 0.3) is 0 Å². The fourth-order valence-corrected chi connectivity index (χ4v) is 0.337. The van der Waals surface area contributed by atoms with E-state index in [0.717, 1.165) is 6.08 Å². The monoisotopic (exact) mass is 174 g/mol. The van der Waals surface area contributed by atoms with Crippen LogP contribution in [0.4, 0.5) is 0 Å². The molecule has 13 heavy (non-hydrogen) atoms. The average molecular weight is 174 g/mol. The molecule has 0 unspecified atom stereocenters. The lowest BCUT2D eigenvalue weighted by Gasteiger charge is -1.69. The fraction of sp³-hybridized carbons (Fsp3) is 0.100. The number of hydrogen-bond acceptors (Lipinski definition) is 2. The largest absolute Gasteiger partial charge is 0.478 e. The second-order valence-electron chi connectivity index (χ2n) is 1.65. The summed E-state index contributed by atoms with van der Waals surface area (Å²) in [6.07, 6.45) is 2.09. The van der Waals surface area contributed by atoms with Gasteiger partial charge in [-0.15, -0.1) is 0 Å². The number of carboxylic acid groups (broad SMARTS) is 1. The lowest BCUT2D eigenvalue weighted by Crippen LogP contribution is -1.84. The first-order chi connectivity index (χ1) is 6.27. The van der Waals surface area contributed by atoms with Gasteiger partial charge in [0.05, 0.1) is 0 Å². The molecule has 64 valence electrons. The van der Waals surface area contributed by atoms with Gasteiger partial charge in [-0.2, -0.15) is 0 Å². The van der Waals surface area contributed by atoms with Gasteiger partial charge >= 0.3 is 5.97 Å². The molecule has 2 N–H and O–H groups in total. The third kappa shape index (κ3) is 9.85. The third-order valence-corrected chi connectivity index (χ3v) is 0.736. The topological polar surface area (TPSA) is 57.5 Å². The molecule has 0 aromatic heterocycles. The van der Waals surface area contributed by atoms with Crippen LogP contribution in [-0.4, -0.2) is 22.8 Å². The van der Waals surface area contributed by atoms with E-state index in [1.807, 2.05) is 0 Å². The van der Waals surface area contributed by atoms with Gasteiger partial charge in [-0.05, 0) is 29.8 Å². The molecule has 0 heterocycles. The number of aliphatic carboxylic acids is 1. The molecule has 0 fully saturated rings. The molecule has 0 aromatic carbocycles. The van der Waals surface area contributed by atoms with E-state index in [0.29, 0.717) is 0 Å². The number of hydrogen-bond donors (Lipinski definition) is 2. The van der Waals surface area contributed by atoms with Gasteiger partial charge in [-0.3, -0.25) is 0 Å². The molecule has 0 saturated heterocycles. The van der Waals surface area contributed by atoms with Crippen LogP contribution in [0.1, 0.15) is 0 Å². The predicted molar refractivity (Wildman–Crippen MR) is 47.2 cm³/mol. The highest BCUT2D eigenvalue weighted by Gasteiger charge is 1.78. The minimum atomic E-state index is -1.05. The Morgan fingerprint density at radius 3 is 2.54 bits per heavy atom. The summed E-state index contributed by atoms with van der Waals surface area (Å²) in [5.74, 6) is 13.0. The van der Waals surface area contributed by atoms with Crippen molar-refractivity contribution >= 4 is 5.97 Å². The SMILES string of the molecule is O=C(O)C=CC#CC#CC#CCO. The second kappa shape index (κ2) is 7.95. The highest BCUT2D eigenvalue weighted by Crippen LogP contribution is 1.68. The molecule has 0 rings (SSSR count). The van der Waals surface area contributed by atoms with Crippen molar-refractivity contribution in [3.05, 3.63) is 12.2 Å². The predicted octanol–water partition coefficient (Wildman–Crippen LogP) is -0.370. The van der Waals surface area contributed by atoms with E-state index in [2.05, 4.69) is 35.5 Å². The van der Waals surface area contributed by atoms with E-state index in [4.69, 9.17) is 10.2 Å². The summed E-state index contributed by atoms with van der Waals surface area (Å²) in [4.78, 5) is 9.93. The van der Waals surface area contributed by atoms with Crippen molar-refractivity contribution in [3.8, 4) is 35.5 Å². The summed E-state index contributed by atoms with van der Waals surface area (Å²) in [7, 11) is 0. The third-order valence-electron chi connectivity index (χ3n) is 0.736. The van der Waals surface area contributed by atoms with E-state index in [1.165, 1.54) is 6.08 Å². The van der Waals surface area contributed by atoms with E-state index in [9.17, 15) is 4.79 Å². The van der Waals surface area contributed by atoms with Crippen LogP contribution in [0.15, 0.2) is 12.2 Å². The molecular weight excluding hydrogens is 168 g/mol. The van der Waals surface area contributed by atoms with Crippen molar-refractivity contribution in [1.29, 1.82) is 0 Å². The van der Waals surface area contributed by atoms with E-state index >= 15 is 0 Å². The number of rotatable bonds is 1. The van der Waals surface area contributed by atoms with Crippen LogP contribution in [0, 0.1) is 35.5 Å². The molecule has 0 radical (unpaired) electrons. The highest BCUT2D eigenvalue weighted by molar-refractivity contribution is 5.80. The van der Waals surface area contributed by atoms with Crippen molar-refractivity contribution in [2.45, 2.75) is 0 Å². The second-order valence-corrected chi connectivity index (χ2v) is 1.65. The Labute approximate surface area is 76.1 Å². The lowest BCUT2D eigenvalue weighted by molar-refractivity contribution is -0.131. The van der Waals surface area contributed by atoms with Gasteiger partial charge in [0, 0.05) is 6.08 Å². The van der Waals surface area contributed by atoms with Crippen LogP contribution in [0.3, 0.4) is 0 Å². The summed E-state index contributed by atoms with van der Waals surface area (Å²) in [6.45, 7) is -0.235. The smallest absolute Gasteiger partial charge is 0.328 e. The number of aliphatic hydroxyl groups is 1. The summed E-state index contributed by atoms with van der Waals surface area (Å²) >= 11 is 0. The van der Waals surface area contributed by atoms with Crippen molar-refractivity contribution in [2.75, 3.05) is 6.61 Å². The Bertz CT molecular complexity index is 372. The maximum Gasteiger partial charge on any atom is 0.328 e. The molecule has 0 aromatic rings. The molecule has 0 bridgehead atoms. The van der Waals surface area contributed by atoms with Gasteiger partial charge in [0.15, 0.2) is 0 Å². The molecule has 3 heteroatoms. The number of aliphatic hydroxyl groups excluding tert-OH is 1. The summed E-state index contributed by atoms with van der Waals surface area (Å²) in [6, 6.07) is 0. The molecule has 0 saturated carbocycles. The first kappa shape index (κ1) is 10.8. The number of carbonyl (C=O) groups is 1. The standard InChI is InChI=1S/C10H6O3/c11-9-7-5-3-1-2-4-6-8-10(12)13/h6,8,11H,9H2,(H,12,13). The molecule has 0 atom stereocenters. The van der Waals surface area contributed by atoms with Gasteiger partial charge < -0.3 is 10.2 Å². The quantitative estimate of drug-likeness (QED) is 0.421. The van der Waals surface area contributed by atoms with Crippen LogP contribution in [0.5, 0.6) is 0 Å². The van der Waals surface area contributed by atoms with Gasteiger partial charge in [-0.1, -0.05) is 11.8 Å². The summed E-state index contributed by atoms with van der Waals surface area (Å²) < 4.78 is 0. The molecule has 0 amide bonds. The molecule has 0 aliphatic heterocycles. The average Bonchev–Trinajstić information content (AvgIpc) is 2.09. The molecule has 0 aliphatic carbocycles. The lowest BCUT2D eigenvalue weighted by atomic mass is 10.4. The first-order valence-electron chi connectivity index (χ1n) is 3.26. The number of allylic oxidation sites excluding steroid dienone is 1. The molecule has 3 nitrogen and oxygen atoms in total. The zero-order valence-electron chi connectivity index (χ0n) is 6.66. The minimum Gasteiger partial charge on any atom is -0.478 e. The van der Waals surface area contributed by atoms with Crippen LogP contribution >= 0.6 is 0 Å². The van der Waals surface area contributed by atoms with E-state index in [-0.39, 0.29) is 6.61 Å². The van der Waals surface area contributed by atoms with Crippen LogP contribution in [-0.2, 0) is 4.79 Å². The molecule has 0 spiro atoms. The Morgan fingerprint density at radius 1 is 1.23 bits per heavy atom. The van der Waals surface area contributed by atoms with Gasteiger partial charge in [-0.25, -0.2) is 4.79 Å². The highest BCUT2D eigenvalue weighted by atomic mass is 16.4. The zero-order valence-corrected chi connectivity index (χ0v) is 6.66. The Balaban J connectivity index is 3.97. The van der Waals surface area contributed by atoms with Gasteiger partial charge in [0.1, 0.15) is 6.61 Å².